The first-order valence-corrected chi connectivity index (χ1v) is 11.4. The molecule has 2 aromatic rings. The van der Waals surface area contributed by atoms with Crippen molar-refractivity contribution in [2.45, 2.75) is 58.0 Å². The lowest BCUT2D eigenvalue weighted by molar-refractivity contribution is -0.142. The largest absolute Gasteiger partial charge is 0.480 e. The number of hydrogen-bond donors (Lipinski definition) is 3. The van der Waals surface area contributed by atoms with E-state index < -0.39 is 30.1 Å². The Morgan fingerprint density at radius 2 is 1.55 bits per heavy atom. The zero-order chi connectivity index (χ0) is 24.0. The fourth-order valence-corrected chi connectivity index (χ4v) is 4.27. The average molecular weight is 453 g/mol. The van der Waals surface area contributed by atoms with Gasteiger partial charge in [0.15, 0.2) is 0 Å². The van der Waals surface area contributed by atoms with Crippen molar-refractivity contribution in [3.63, 3.8) is 0 Å². The second-order valence-corrected chi connectivity index (χ2v) is 8.87. The molecule has 7 nitrogen and oxygen atoms in total. The maximum absolute atomic E-state index is 12.5. The van der Waals surface area contributed by atoms with Crippen LogP contribution in [0.5, 0.6) is 0 Å². The smallest absolute Gasteiger partial charge is 0.407 e. The predicted octanol–water partition coefficient (Wildman–Crippen LogP) is 4.31. The minimum absolute atomic E-state index is 0.0113. The lowest BCUT2D eigenvalue weighted by Crippen LogP contribution is -2.45. The van der Waals surface area contributed by atoms with E-state index in [4.69, 9.17) is 4.74 Å². The van der Waals surface area contributed by atoms with Crippen LogP contribution < -0.4 is 10.6 Å². The number of benzene rings is 2. The second kappa shape index (κ2) is 11.0. The molecule has 0 fully saturated rings. The highest BCUT2D eigenvalue weighted by molar-refractivity contribution is 5.84. The monoisotopic (exact) mass is 452 g/mol. The van der Waals surface area contributed by atoms with Gasteiger partial charge in [0, 0.05) is 18.4 Å². The molecule has 7 heteroatoms. The van der Waals surface area contributed by atoms with Gasteiger partial charge in [0.25, 0.3) is 0 Å². The third-order valence-corrected chi connectivity index (χ3v) is 5.93. The number of ether oxygens (including phenoxy) is 1. The number of carboxylic acids is 1. The summed E-state index contributed by atoms with van der Waals surface area (Å²) in [5, 5.41) is 14.6. The Bertz CT molecular complexity index is 958. The van der Waals surface area contributed by atoms with Gasteiger partial charge in [-0.3, -0.25) is 4.79 Å². The average Bonchev–Trinajstić information content (AvgIpc) is 3.10. The lowest BCUT2D eigenvalue weighted by atomic mass is 9.98. The molecule has 1 aliphatic carbocycles. The number of rotatable bonds is 10. The van der Waals surface area contributed by atoms with Crippen LogP contribution in [0.3, 0.4) is 0 Å². The van der Waals surface area contributed by atoms with Crippen LogP contribution in [-0.2, 0) is 14.3 Å². The molecule has 2 amide bonds. The number of carbonyl (C=O) groups is 3. The van der Waals surface area contributed by atoms with Crippen molar-refractivity contribution >= 4 is 18.0 Å². The van der Waals surface area contributed by atoms with Gasteiger partial charge >= 0.3 is 12.1 Å². The number of aliphatic carboxylic acids is 1. The highest BCUT2D eigenvalue weighted by Gasteiger charge is 2.29. The molecule has 3 rings (SSSR count). The molecule has 33 heavy (non-hydrogen) atoms. The normalized spacial score (nSPS) is 14.2. The Morgan fingerprint density at radius 1 is 0.970 bits per heavy atom. The van der Waals surface area contributed by atoms with Gasteiger partial charge in [-0.1, -0.05) is 69.3 Å². The van der Waals surface area contributed by atoms with E-state index >= 15 is 0 Å². The minimum atomic E-state index is -1.06. The molecule has 2 aromatic carbocycles. The van der Waals surface area contributed by atoms with Gasteiger partial charge < -0.3 is 20.5 Å². The van der Waals surface area contributed by atoms with Crippen LogP contribution in [0.15, 0.2) is 48.5 Å². The minimum Gasteiger partial charge on any atom is -0.480 e. The molecule has 0 aliphatic heterocycles. The molecular formula is C26H32N2O5. The van der Waals surface area contributed by atoms with E-state index in [0.717, 1.165) is 22.3 Å². The van der Waals surface area contributed by atoms with Gasteiger partial charge in [0.1, 0.15) is 12.6 Å². The van der Waals surface area contributed by atoms with Crippen molar-refractivity contribution < 1.29 is 24.2 Å². The van der Waals surface area contributed by atoms with E-state index in [0.29, 0.717) is 12.8 Å². The van der Waals surface area contributed by atoms with Crippen LogP contribution in [0.2, 0.25) is 0 Å². The van der Waals surface area contributed by atoms with Crippen LogP contribution in [0.4, 0.5) is 4.79 Å². The van der Waals surface area contributed by atoms with Crippen molar-refractivity contribution in [1.29, 1.82) is 0 Å². The number of fused-ring (bicyclic) bond motifs is 3. The Kier molecular flexibility index (Phi) is 8.09. The van der Waals surface area contributed by atoms with Crippen LogP contribution in [0.1, 0.15) is 57.1 Å². The summed E-state index contributed by atoms with van der Waals surface area (Å²) >= 11 is 0. The summed E-state index contributed by atoms with van der Waals surface area (Å²) in [6.07, 6.45) is 0.258. The third-order valence-electron chi connectivity index (χ3n) is 5.93. The first-order valence-electron chi connectivity index (χ1n) is 11.4. The highest BCUT2D eigenvalue weighted by atomic mass is 16.5. The molecule has 0 saturated carbocycles. The predicted molar refractivity (Wildman–Crippen MR) is 126 cm³/mol. The maximum atomic E-state index is 12.5. The first kappa shape index (κ1) is 24.3. The first-order chi connectivity index (χ1) is 15.8. The van der Waals surface area contributed by atoms with Crippen molar-refractivity contribution in [2.24, 2.45) is 5.92 Å². The second-order valence-electron chi connectivity index (χ2n) is 8.87. The molecule has 1 aliphatic rings. The van der Waals surface area contributed by atoms with Crippen molar-refractivity contribution in [3.05, 3.63) is 59.7 Å². The molecule has 0 radical (unpaired) electrons. The molecular weight excluding hydrogens is 420 g/mol. The summed E-state index contributed by atoms with van der Waals surface area (Å²) < 4.78 is 5.55. The lowest BCUT2D eigenvalue weighted by Gasteiger charge is -2.20. The van der Waals surface area contributed by atoms with Crippen molar-refractivity contribution in [2.75, 3.05) is 6.61 Å². The maximum Gasteiger partial charge on any atom is 0.407 e. The fourth-order valence-electron chi connectivity index (χ4n) is 4.27. The zero-order valence-electron chi connectivity index (χ0n) is 19.3. The summed E-state index contributed by atoms with van der Waals surface area (Å²) in [5.41, 5.74) is 4.56. The number of nitrogens with one attached hydrogen (secondary N) is 2. The third kappa shape index (κ3) is 6.12. The van der Waals surface area contributed by atoms with E-state index in [1.54, 1.807) is 0 Å². The van der Waals surface area contributed by atoms with Crippen LogP contribution >= 0.6 is 0 Å². The van der Waals surface area contributed by atoms with Crippen molar-refractivity contribution in [1.82, 2.24) is 10.6 Å². The number of alkyl carbamates (subject to hydrolysis) is 1. The van der Waals surface area contributed by atoms with E-state index in [-0.39, 0.29) is 24.9 Å². The molecule has 0 heterocycles. The van der Waals surface area contributed by atoms with Crippen molar-refractivity contribution in [3.8, 4) is 11.1 Å². The van der Waals surface area contributed by atoms with Crippen LogP contribution in [0.25, 0.3) is 11.1 Å². The fraction of sp³-hybridized carbons (Fsp3) is 0.423. The van der Waals surface area contributed by atoms with E-state index in [1.165, 1.54) is 0 Å². The summed E-state index contributed by atoms with van der Waals surface area (Å²) in [7, 11) is 0. The summed E-state index contributed by atoms with van der Waals surface area (Å²) in [4.78, 5) is 36.2. The highest BCUT2D eigenvalue weighted by Crippen LogP contribution is 2.44. The zero-order valence-corrected chi connectivity index (χ0v) is 19.3. The van der Waals surface area contributed by atoms with E-state index in [2.05, 4.69) is 34.9 Å². The van der Waals surface area contributed by atoms with Gasteiger partial charge in [-0.2, -0.15) is 0 Å². The molecule has 0 bridgehead atoms. The Morgan fingerprint density at radius 3 is 2.06 bits per heavy atom. The molecule has 0 saturated heterocycles. The standard InChI is InChI=1S/C26H32N2O5/c1-4-17(14-24(29)28-23(25(30)31)13-16(2)3)27-26(32)33-15-22-20-11-7-5-9-18(20)19-10-6-8-12-21(19)22/h5-12,16-17,22-23H,4,13-15H2,1-3H3,(H,27,32)(H,28,29)(H,30,31)/t17-,23+/m1/s1. The van der Waals surface area contributed by atoms with Gasteiger partial charge in [-0.15, -0.1) is 0 Å². The topological polar surface area (TPSA) is 105 Å². The van der Waals surface area contributed by atoms with Gasteiger partial charge in [-0.05, 0) is 41.0 Å². The Labute approximate surface area is 194 Å². The quantitative estimate of drug-likeness (QED) is 0.498. The molecule has 3 N–H and O–H groups in total. The number of carboxylic acid groups (broad SMARTS) is 1. The molecule has 2 atom stereocenters. The summed E-state index contributed by atoms with van der Waals surface area (Å²) in [6, 6.07) is 14.8. The number of carbonyl (C=O) groups excluding carboxylic acids is 2. The van der Waals surface area contributed by atoms with E-state index in [9.17, 15) is 19.5 Å². The summed E-state index contributed by atoms with van der Waals surface area (Å²) in [5.74, 6) is -1.38. The number of amides is 2. The number of hydrogen-bond acceptors (Lipinski definition) is 4. The molecule has 0 spiro atoms. The van der Waals surface area contributed by atoms with Gasteiger partial charge in [0.05, 0.1) is 0 Å². The van der Waals surface area contributed by atoms with Gasteiger partial charge in [0.2, 0.25) is 5.91 Å². The van der Waals surface area contributed by atoms with E-state index in [1.807, 2.05) is 45.0 Å². The van der Waals surface area contributed by atoms with Gasteiger partial charge in [-0.25, -0.2) is 9.59 Å². The SMILES string of the molecule is CC[C@H](CC(=O)N[C@@H](CC(C)C)C(=O)O)NC(=O)OCC1c2ccccc2-c2ccccc21. The van der Waals surface area contributed by atoms with Crippen LogP contribution in [-0.4, -0.2) is 41.8 Å². The van der Waals surface area contributed by atoms with Crippen LogP contribution in [0, 0.1) is 5.92 Å². The molecule has 176 valence electrons. The molecule has 0 unspecified atom stereocenters. The Balaban J connectivity index is 1.55. The summed E-state index contributed by atoms with van der Waals surface area (Å²) in [6.45, 7) is 5.84. The molecule has 0 aromatic heterocycles. The Hall–Kier alpha value is -3.35.